The number of aryl methyl sites for hydroxylation is 1. The number of fused-ring (bicyclic) bond motifs is 1. The molecule has 172 valence electrons. The SMILES string of the molecule is Cc1cncc(C(=O)N2C[C@H]3CCC[C@@]3(COc3ccccn3)C2)c1.O=C(O)C(F)(F)F. The van der Waals surface area contributed by atoms with E-state index < -0.39 is 12.1 Å². The molecule has 0 unspecified atom stereocenters. The monoisotopic (exact) mass is 451 g/mol. The second-order valence-corrected chi connectivity index (χ2v) is 8.15. The number of likely N-dealkylation sites (tertiary alicyclic amines) is 1. The van der Waals surface area contributed by atoms with Crippen LogP contribution in [-0.4, -0.2) is 57.7 Å². The van der Waals surface area contributed by atoms with Gasteiger partial charge in [-0.1, -0.05) is 12.5 Å². The van der Waals surface area contributed by atoms with E-state index in [9.17, 15) is 18.0 Å². The van der Waals surface area contributed by atoms with Crippen LogP contribution in [0, 0.1) is 18.3 Å². The number of aliphatic carboxylic acids is 1. The van der Waals surface area contributed by atoms with Crippen LogP contribution >= 0.6 is 0 Å². The Morgan fingerprint density at radius 1 is 1.31 bits per heavy atom. The summed E-state index contributed by atoms with van der Waals surface area (Å²) in [5.41, 5.74) is 1.75. The van der Waals surface area contributed by atoms with Gasteiger partial charge in [-0.05, 0) is 43.4 Å². The van der Waals surface area contributed by atoms with Crippen molar-refractivity contribution in [3.05, 3.63) is 54.0 Å². The number of nitrogens with zero attached hydrogens (tertiary/aromatic N) is 3. The predicted molar refractivity (Wildman–Crippen MR) is 108 cm³/mol. The minimum atomic E-state index is -5.08. The third-order valence-electron chi connectivity index (χ3n) is 5.84. The predicted octanol–water partition coefficient (Wildman–Crippen LogP) is 3.74. The highest BCUT2D eigenvalue weighted by atomic mass is 19.4. The van der Waals surface area contributed by atoms with Crippen molar-refractivity contribution in [1.82, 2.24) is 14.9 Å². The number of carbonyl (C=O) groups excluding carboxylic acids is 1. The average molecular weight is 451 g/mol. The largest absolute Gasteiger partial charge is 0.490 e. The summed E-state index contributed by atoms with van der Waals surface area (Å²) in [4.78, 5) is 32.2. The van der Waals surface area contributed by atoms with Gasteiger partial charge < -0.3 is 14.7 Å². The Balaban J connectivity index is 0.000000360. The van der Waals surface area contributed by atoms with Gasteiger partial charge in [-0.2, -0.15) is 13.2 Å². The second kappa shape index (κ2) is 9.54. The molecule has 0 radical (unpaired) electrons. The first-order chi connectivity index (χ1) is 15.1. The number of carboxylic acid groups (broad SMARTS) is 1. The molecule has 4 rings (SSSR count). The fraction of sp³-hybridized carbons (Fsp3) is 0.455. The average Bonchev–Trinajstić information content (AvgIpc) is 3.30. The van der Waals surface area contributed by atoms with Crippen LogP contribution in [0.5, 0.6) is 5.88 Å². The third kappa shape index (κ3) is 5.54. The van der Waals surface area contributed by atoms with Gasteiger partial charge in [-0.25, -0.2) is 9.78 Å². The Labute approximate surface area is 183 Å². The molecule has 2 aromatic rings. The molecule has 0 aromatic carbocycles. The summed E-state index contributed by atoms with van der Waals surface area (Å²) in [5.74, 6) is -1.50. The topological polar surface area (TPSA) is 92.6 Å². The number of alkyl halides is 3. The van der Waals surface area contributed by atoms with Gasteiger partial charge in [0.05, 0.1) is 12.2 Å². The fourth-order valence-electron chi connectivity index (χ4n) is 4.31. The molecule has 1 saturated carbocycles. The molecule has 2 atom stereocenters. The van der Waals surface area contributed by atoms with Crippen molar-refractivity contribution >= 4 is 11.9 Å². The van der Waals surface area contributed by atoms with Gasteiger partial charge in [-0.3, -0.25) is 9.78 Å². The molecule has 32 heavy (non-hydrogen) atoms. The molecule has 2 fully saturated rings. The minimum Gasteiger partial charge on any atom is -0.477 e. The van der Waals surface area contributed by atoms with Crippen molar-refractivity contribution in [3.63, 3.8) is 0 Å². The third-order valence-corrected chi connectivity index (χ3v) is 5.84. The number of carboxylic acids is 1. The molecule has 1 aliphatic heterocycles. The normalized spacial score (nSPS) is 22.0. The molecule has 2 aromatic heterocycles. The molecule has 1 saturated heterocycles. The molecule has 3 heterocycles. The van der Waals surface area contributed by atoms with Crippen LogP contribution in [0.4, 0.5) is 13.2 Å². The molecular formula is C22H24F3N3O4. The van der Waals surface area contributed by atoms with Gasteiger partial charge in [0, 0.05) is 43.2 Å². The fourth-order valence-corrected chi connectivity index (χ4v) is 4.31. The lowest BCUT2D eigenvalue weighted by Crippen LogP contribution is -2.35. The number of carbonyl (C=O) groups is 2. The highest BCUT2D eigenvalue weighted by molar-refractivity contribution is 5.94. The maximum atomic E-state index is 12.9. The Kier molecular flexibility index (Phi) is 7.00. The van der Waals surface area contributed by atoms with Crippen LogP contribution in [0.25, 0.3) is 0 Å². The van der Waals surface area contributed by atoms with Crippen LogP contribution in [0.1, 0.15) is 35.2 Å². The molecule has 2 aliphatic rings. The highest BCUT2D eigenvalue weighted by Gasteiger charge is 2.51. The van der Waals surface area contributed by atoms with E-state index in [-0.39, 0.29) is 11.3 Å². The number of rotatable bonds is 4. The summed E-state index contributed by atoms with van der Waals surface area (Å²) >= 11 is 0. The molecule has 1 amide bonds. The van der Waals surface area contributed by atoms with Gasteiger partial charge in [0.15, 0.2) is 0 Å². The lowest BCUT2D eigenvalue weighted by atomic mass is 9.81. The molecule has 0 bridgehead atoms. The van der Waals surface area contributed by atoms with Crippen molar-refractivity contribution in [2.24, 2.45) is 11.3 Å². The van der Waals surface area contributed by atoms with E-state index in [0.29, 0.717) is 24.0 Å². The molecule has 1 N–H and O–H groups in total. The summed E-state index contributed by atoms with van der Waals surface area (Å²) in [6.07, 6.45) is 3.60. The van der Waals surface area contributed by atoms with Crippen molar-refractivity contribution in [2.45, 2.75) is 32.4 Å². The van der Waals surface area contributed by atoms with E-state index in [0.717, 1.165) is 25.1 Å². The van der Waals surface area contributed by atoms with Gasteiger partial charge in [-0.15, -0.1) is 0 Å². The van der Waals surface area contributed by atoms with Gasteiger partial charge in [0.1, 0.15) is 0 Å². The van der Waals surface area contributed by atoms with Crippen LogP contribution < -0.4 is 4.74 Å². The Bertz CT molecular complexity index is 955. The number of halogens is 3. The highest BCUT2D eigenvalue weighted by Crippen LogP contribution is 2.49. The van der Waals surface area contributed by atoms with E-state index in [2.05, 4.69) is 9.97 Å². The van der Waals surface area contributed by atoms with Crippen molar-refractivity contribution in [1.29, 1.82) is 0 Å². The van der Waals surface area contributed by atoms with Gasteiger partial charge >= 0.3 is 12.1 Å². The number of aromatic nitrogens is 2. The van der Waals surface area contributed by atoms with Crippen LogP contribution in [0.2, 0.25) is 0 Å². The lowest BCUT2D eigenvalue weighted by molar-refractivity contribution is -0.192. The Hall–Kier alpha value is -3.17. The maximum Gasteiger partial charge on any atom is 0.490 e. The molecule has 10 heteroatoms. The first kappa shape index (κ1) is 23.5. The summed E-state index contributed by atoms with van der Waals surface area (Å²) in [6, 6.07) is 7.62. The quantitative estimate of drug-likeness (QED) is 0.762. The zero-order chi connectivity index (χ0) is 23.4. The Morgan fingerprint density at radius 2 is 2.06 bits per heavy atom. The smallest absolute Gasteiger partial charge is 0.477 e. The van der Waals surface area contributed by atoms with Crippen LogP contribution in [0.3, 0.4) is 0 Å². The first-order valence-electron chi connectivity index (χ1n) is 10.2. The minimum absolute atomic E-state index is 0.0600. The zero-order valence-corrected chi connectivity index (χ0v) is 17.5. The summed E-state index contributed by atoms with van der Waals surface area (Å²) < 4.78 is 37.7. The summed E-state index contributed by atoms with van der Waals surface area (Å²) in [6.45, 7) is 4.17. The first-order valence-corrected chi connectivity index (χ1v) is 10.2. The van der Waals surface area contributed by atoms with E-state index >= 15 is 0 Å². The standard InChI is InChI=1S/C20H23N3O2.C2HF3O2/c1-15-9-16(11-21-10-15)19(24)23-12-17-5-4-7-20(17,13-23)14-25-18-6-2-3-8-22-18;3-2(4,5)1(6)7/h2-3,6,8-11,17H,4-5,7,12-14H2,1H3;(H,6,7)/t17-,20+;/m1./s1. The number of amides is 1. The maximum absolute atomic E-state index is 12.9. The van der Waals surface area contributed by atoms with Crippen LogP contribution in [0.15, 0.2) is 42.9 Å². The summed E-state index contributed by atoms with van der Waals surface area (Å²) in [7, 11) is 0. The van der Waals surface area contributed by atoms with E-state index in [1.165, 1.54) is 12.8 Å². The molecule has 0 spiro atoms. The summed E-state index contributed by atoms with van der Waals surface area (Å²) in [5, 5.41) is 7.12. The van der Waals surface area contributed by atoms with E-state index in [4.69, 9.17) is 14.6 Å². The number of hydrogen-bond donors (Lipinski definition) is 1. The number of hydrogen-bond acceptors (Lipinski definition) is 5. The lowest BCUT2D eigenvalue weighted by Gasteiger charge is -2.28. The number of pyridine rings is 2. The van der Waals surface area contributed by atoms with Crippen LogP contribution in [-0.2, 0) is 4.79 Å². The van der Waals surface area contributed by atoms with Crippen molar-refractivity contribution in [2.75, 3.05) is 19.7 Å². The van der Waals surface area contributed by atoms with E-state index in [1.807, 2.05) is 36.1 Å². The zero-order valence-electron chi connectivity index (χ0n) is 17.5. The molecular weight excluding hydrogens is 427 g/mol. The number of ether oxygens (including phenoxy) is 1. The van der Waals surface area contributed by atoms with Crippen molar-refractivity contribution < 1.29 is 32.6 Å². The van der Waals surface area contributed by atoms with Gasteiger partial charge in [0.25, 0.3) is 5.91 Å². The Morgan fingerprint density at radius 3 is 2.69 bits per heavy atom. The molecule has 7 nitrogen and oxygen atoms in total. The van der Waals surface area contributed by atoms with Crippen molar-refractivity contribution in [3.8, 4) is 5.88 Å². The molecule has 1 aliphatic carbocycles. The second-order valence-electron chi connectivity index (χ2n) is 8.15. The van der Waals surface area contributed by atoms with Gasteiger partial charge in [0.2, 0.25) is 5.88 Å². The van der Waals surface area contributed by atoms with E-state index in [1.54, 1.807) is 18.6 Å².